The molecule has 1 aromatic rings. The number of rotatable bonds is 4. The van der Waals surface area contributed by atoms with Crippen LogP contribution in [-0.4, -0.2) is 41.5 Å². The highest BCUT2D eigenvalue weighted by Crippen LogP contribution is 2.17. The zero-order valence-corrected chi connectivity index (χ0v) is 10.7. The van der Waals surface area contributed by atoms with Gasteiger partial charge in [-0.05, 0) is 19.4 Å². The summed E-state index contributed by atoms with van der Waals surface area (Å²) in [6.45, 7) is 1.50. The third kappa shape index (κ3) is 3.40. The van der Waals surface area contributed by atoms with Crippen LogP contribution < -0.4 is 0 Å². The third-order valence-electron chi connectivity index (χ3n) is 3.65. The Balaban J connectivity index is 2.00. The molecule has 0 radical (unpaired) electrons. The van der Waals surface area contributed by atoms with Crippen molar-refractivity contribution in [2.45, 2.75) is 31.7 Å². The number of carbonyl (C=O) groups excluding carboxylic acids is 1. The van der Waals surface area contributed by atoms with Gasteiger partial charge in [0.25, 0.3) is 0 Å². The molecule has 1 aliphatic heterocycles. The molecule has 1 unspecified atom stereocenters. The molecule has 1 heterocycles. The molecule has 1 aliphatic rings. The monoisotopic (exact) mass is 247 g/mol. The number of ketones is 1. The van der Waals surface area contributed by atoms with Crippen molar-refractivity contribution < 1.29 is 9.90 Å². The Bertz CT molecular complexity index is 377. The van der Waals surface area contributed by atoms with E-state index < -0.39 is 0 Å². The lowest BCUT2D eigenvalue weighted by atomic mass is 10.1. The van der Waals surface area contributed by atoms with Gasteiger partial charge in [0, 0.05) is 11.6 Å². The summed E-state index contributed by atoms with van der Waals surface area (Å²) in [6.07, 6.45) is 4.48. The normalized spacial score (nSPS) is 21.5. The van der Waals surface area contributed by atoms with Gasteiger partial charge in [0.1, 0.15) is 0 Å². The summed E-state index contributed by atoms with van der Waals surface area (Å²) in [5.74, 6) is 0.149. The predicted molar refractivity (Wildman–Crippen MR) is 71.7 cm³/mol. The van der Waals surface area contributed by atoms with Gasteiger partial charge in [-0.2, -0.15) is 0 Å². The van der Waals surface area contributed by atoms with Crippen molar-refractivity contribution in [1.29, 1.82) is 0 Å². The molecule has 1 aromatic carbocycles. The van der Waals surface area contributed by atoms with Crippen LogP contribution in [-0.2, 0) is 0 Å². The van der Waals surface area contributed by atoms with E-state index in [1.54, 1.807) is 0 Å². The second-order valence-corrected chi connectivity index (χ2v) is 4.95. The van der Waals surface area contributed by atoms with E-state index in [1.165, 1.54) is 6.42 Å². The van der Waals surface area contributed by atoms with E-state index >= 15 is 0 Å². The van der Waals surface area contributed by atoms with Crippen molar-refractivity contribution in [1.82, 2.24) is 4.90 Å². The Hall–Kier alpha value is -1.19. The Labute approximate surface area is 108 Å². The van der Waals surface area contributed by atoms with Gasteiger partial charge in [-0.15, -0.1) is 0 Å². The molecule has 1 atom stereocenters. The average molecular weight is 247 g/mol. The number of aliphatic hydroxyl groups excluding tert-OH is 1. The van der Waals surface area contributed by atoms with Gasteiger partial charge < -0.3 is 5.11 Å². The summed E-state index contributed by atoms with van der Waals surface area (Å²) in [7, 11) is 0. The van der Waals surface area contributed by atoms with Gasteiger partial charge in [-0.3, -0.25) is 9.69 Å². The second-order valence-electron chi connectivity index (χ2n) is 4.95. The van der Waals surface area contributed by atoms with Crippen molar-refractivity contribution in [2.24, 2.45) is 0 Å². The molecule has 0 amide bonds. The zero-order valence-electron chi connectivity index (χ0n) is 10.7. The van der Waals surface area contributed by atoms with E-state index in [-0.39, 0.29) is 18.4 Å². The van der Waals surface area contributed by atoms with Crippen LogP contribution in [0.15, 0.2) is 30.3 Å². The van der Waals surface area contributed by atoms with Crippen LogP contribution in [0.4, 0.5) is 0 Å². The highest BCUT2D eigenvalue weighted by molar-refractivity contribution is 5.97. The largest absolute Gasteiger partial charge is 0.395 e. The maximum atomic E-state index is 12.2. The van der Waals surface area contributed by atoms with Crippen LogP contribution in [0.25, 0.3) is 0 Å². The molecule has 0 bridgehead atoms. The van der Waals surface area contributed by atoms with Crippen molar-refractivity contribution in [3.8, 4) is 0 Å². The number of Topliss-reactive ketones (excluding diaryl/α,β-unsaturated/α-hetero) is 1. The summed E-state index contributed by atoms with van der Waals surface area (Å²) in [6, 6.07) is 9.56. The number of benzene rings is 1. The topological polar surface area (TPSA) is 40.5 Å². The predicted octanol–water partition coefficient (Wildman–Crippen LogP) is 2.11. The van der Waals surface area contributed by atoms with Gasteiger partial charge in [0.05, 0.1) is 13.2 Å². The van der Waals surface area contributed by atoms with Crippen LogP contribution in [0, 0.1) is 0 Å². The summed E-state index contributed by atoms with van der Waals surface area (Å²) in [5.41, 5.74) is 0.762. The fourth-order valence-electron chi connectivity index (χ4n) is 2.55. The maximum absolute atomic E-state index is 12.2. The lowest BCUT2D eigenvalue weighted by molar-refractivity contribution is 0.0826. The van der Waals surface area contributed by atoms with E-state index in [0.717, 1.165) is 31.4 Å². The summed E-state index contributed by atoms with van der Waals surface area (Å²) < 4.78 is 0. The Morgan fingerprint density at radius 1 is 1.22 bits per heavy atom. The van der Waals surface area contributed by atoms with Crippen LogP contribution in [0.5, 0.6) is 0 Å². The first kappa shape index (κ1) is 13.2. The smallest absolute Gasteiger partial charge is 0.176 e. The minimum absolute atomic E-state index is 0.149. The molecule has 2 rings (SSSR count). The van der Waals surface area contributed by atoms with Crippen LogP contribution in [0.3, 0.4) is 0 Å². The van der Waals surface area contributed by atoms with E-state index in [9.17, 15) is 9.90 Å². The summed E-state index contributed by atoms with van der Waals surface area (Å²) in [5, 5.41) is 9.42. The summed E-state index contributed by atoms with van der Waals surface area (Å²) >= 11 is 0. The van der Waals surface area contributed by atoms with Crippen molar-refractivity contribution >= 4 is 5.78 Å². The van der Waals surface area contributed by atoms with E-state index in [4.69, 9.17) is 0 Å². The second kappa shape index (κ2) is 6.66. The molecule has 1 saturated heterocycles. The van der Waals surface area contributed by atoms with Gasteiger partial charge >= 0.3 is 0 Å². The first-order valence-corrected chi connectivity index (χ1v) is 6.74. The van der Waals surface area contributed by atoms with Crippen molar-refractivity contribution in [3.63, 3.8) is 0 Å². The van der Waals surface area contributed by atoms with Gasteiger partial charge in [-0.25, -0.2) is 0 Å². The molecule has 1 fully saturated rings. The van der Waals surface area contributed by atoms with Crippen LogP contribution in [0.1, 0.15) is 36.0 Å². The third-order valence-corrected chi connectivity index (χ3v) is 3.65. The number of aliphatic hydroxyl groups is 1. The lowest BCUT2D eigenvalue weighted by Crippen LogP contribution is -2.40. The van der Waals surface area contributed by atoms with Crippen LogP contribution >= 0.6 is 0 Å². The Morgan fingerprint density at radius 2 is 2.00 bits per heavy atom. The molecule has 3 heteroatoms. The fraction of sp³-hybridized carbons (Fsp3) is 0.533. The number of hydrogen-bond donors (Lipinski definition) is 1. The molecule has 98 valence electrons. The number of carbonyl (C=O) groups is 1. The molecule has 0 aromatic heterocycles. The number of nitrogens with zero attached hydrogens (tertiary/aromatic N) is 1. The molecule has 0 saturated carbocycles. The van der Waals surface area contributed by atoms with Crippen molar-refractivity contribution in [3.05, 3.63) is 35.9 Å². The SMILES string of the molecule is O=C(CN1CCCCCC1CO)c1ccccc1. The Kier molecular flexibility index (Phi) is 4.90. The minimum atomic E-state index is 0.149. The zero-order chi connectivity index (χ0) is 12.8. The number of hydrogen-bond acceptors (Lipinski definition) is 3. The van der Waals surface area contributed by atoms with E-state index in [1.807, 2.05) is 30.3 Å². The van der Waals surface area contributed by atoms with Gasteiger partial charge in [0.2, 0.25) is 0 Å². The summed E-state index contributed by atoms with van der Waals surface area (Å²) in [4.78, 5) is 14.3. The maximum Gasteiger partial charge on any atom is 0.176 e. The average Bonchev–Trinajstić information content (AvgIpc) is 2.64. The van der Waals surface area contributed by atoms with Crippen molar-refractivity contribution in [2.75, 3.05) is 19.7 Å². The number of likely N-dealkylation sites (tertiary alicyclic amines) is 1. The van der Waals surface area contributed by atoms with Gasteiger partial charge in [-0.1, -0.05) is 43.2 Å². The van der Waals surface area contributed by atoms with Crippen LogP contribution in [0.2, 0.25) is 0 Å². The van der Waals surface area contributed by atoms with E-state index in [2.05, 4.69) is 4.90 Å². The fourth-order valence-corrected chi connectivity index (χ4v) is 2.55. The quantitative estimate of drug-likeness (QED) is 0.828. The highest BCUT2D eigenvalue weighted by atomic mass is 16.3. The Morgan fingerprint density at radius 3 is 2.72 bits per heavy atom. The minimum Gasteiger partial charge on any atom is -0.395 e. The molecule has 0 aliphatic carbocycles. The standard InChI is InChI=1S/C15H21NO2/c17-12-14-9-5-2-6-10-16(14)11-15(18)13-7-3-1-4-8-13/h1,3-4,7-8,14,17H,2,5-6,9-12H2. The first-order chi connectivity index (χ1) is 8.81. The molecular formula is C15H21NO2. The lowest BCUT2D eigenvalue weighted by Gasteiger charge is -2.27. The van der Waals surface area contributed by atoms with E-state index in [0.29, 0.717) is 6.54 Å². The molecular weight excluding hydrogens is 226 g/mol. The van der Waals surface area contributed by atoms with Gasteiger partial charge in [0.15, 0.2) is 5.78 Å². The first-order valence-electron chi connectivity index (χ1n) is 6.74. The molecule has 0 spiro atoms. The molecule has 18 heavy (non-hydrogen) atoms. The molecule has 1 N–H and O–H groups in total. The molecule has 3 nitrogen and oxygen atoms in total. The highest BCUT2D eigenvalue weighted by Gasteiger charge is 2.22.